The Morgan fingerprint density at radius 1 is 1.12 bits per heavy atom. The molecule has 2 aliphatic rings. The quantitative estimate of drug-likeness (QED) is 0.719. The Bertz CT molecular complexity index is 1020. The highest BCUT2D eigenvalue weighted by Crippen LogP contribution is 2.28. The fraction of sp³-hybridized carbons (Fsp3) is 0.312. The smallest absolute Gasteiger partial charge is 0.267 e. The molecule has 0 saturated carbocycles. The summed E-state index contributed by atoms with van der Waals surface area (Å²) >= 11 is 0. The standard InChI is InChI=1S/C16H15F2N5O2/c1-4-23-13-11(14(24)22(3)15(25)20-13)19-12(21-23)9-5-7-10(8-6-9)16(2,17)18/h5-8H,4H2,1-3H3. The van der Waals surface area contributed by atoms with Gasteiger partial charge in [0.25, 0.3) is 11.5 Å². The van der Waals surface area contributed by atoms with Crippen LogP contribution in [-0.2, 0) is 19.5 Å². The highest BCUT2D eigenvalue weighted by molar-refractivity contribution is 5.59. The molecule has 1 aromatic rings. The van der Waals surface area contributed by atoms with Crippen LogP contribution in [0.5, 0.6) is 0 Å². The van der Waals surface area contributed by atoms with Crippen molar-refractivity contribution in [3.05, 3.63) is 50.7 Å². The summed E-state index contributed by atoms with van der Waals surface area (Å²) in [7, 11) is 1.31. The molecule has 0 aromatic heterocycles. The van der Waals surface area contributed by atoms with Crippen molar-refractivity contribution in [2.75, 3.05) is 0 Å². The van der Waals surface area contributed by atoms with Gasteiger partial charge in [-0.05, 0) is 6.92 Å². The van der Waals surface area contributed by atoms with Gasteiger partial charge in [-0.3, -0.25) is 9.36 Å². The predicted molar refractivity (Wildman–Crippen MR) is 86.6 cm³/mol. The average molecular weight is 347 g/mol. The maximum atomic E-state index is 13.3. The lowest BCUT2D eigenvalue weighted by molar-refractivity contribution is 0.0175. The minimum atomic E-state index is -2.95. The van der Waals surface area contributed by atoms with Crippen LogP contribution >= 0.6 is 0 Å². The molecule has 0 saturated heterocycles. The molecular formula is C16H15F2N5O2. The van der Waals surface area contributed by atoms with Gasteiger partial charge in [-0.1, -0.05) is 24.3 Å². The average Bonchev–Trinajstić information content (AvgIpc) is 2.58. The molecule has 0 amide bonds. The van der Waals surface area contributed by atoms with Crippen LogP contribution in [0.3, 0.4) is 0 Å². The molecule has 2 heterocycles. The second kappa shape index (κ2) is 5.83. The number of benzene rings is 1. The van der Waals surface area contributed by atoms with Gasteiger partial charge in [-0.2, -0.15) is 10.1 Å². The van der Waals surface area contributed by atoms with Crippen molar-refractivity contribution in [3.8, 4) is 22.9 Å². The second-order valence-electron chi connectivity index (χ2n) is 5.65. The Kier molecular flexibility index (Phi) is 3.94. The largest absolute Gasteiger partial charge is 0.352 e. The van der Waals surface area contributed by atoms with E-state index in [1.54, 1.807) is 6.92 Å². The Morgan fingerprint density at radius 3 is 2.32 bits per heavy atom. The van der Waals surface area contributed by atoms with Gasteiger partial charge in [0.15, 0.2) is 17.3 Å². The monoisotopic (exact) mass is 347 g/mol. The van der Waals surface area contributed by atoms with E-state index in [9.17, 15) is 18.4 Å². The second-order valence-corrected chi connectivity index (χ2v) is 5.65. The van der Waals surface area contributed by atoms with Crippen LogP contribution in [-0.4, -0.2) is 24.3 Å². The molecule has 9 heteroatoms. The third kappa shape index (κ3) is 2.92. The van der Waals surface area contributed by atoms with Gasteiger partial charge in [-0.25, -0.2) is 23.2 Å². The van der Waals surface area contributed by atoms with E-state index in [0.717, 1.165) is 11.5 Å². The van der Waals surface area contributed by atoms with Crippen molar-refractivity contribution < 1.29 is 8.78 Å². The molecule has 0 fully saturated rings. The SMILES string of the molecule is CCn1nc(-c2ccc(C(C)(F)F)cc2)nc2c(=O)n(C)c(=O)nc1-2. The highest BCUT2D eigenvalue weighted by atomic mass is 19.3. The van der Waals surface area contributed by atoms with Crippen molar-refractivity contribution >= 4 is 0 Å². The number of alkyl halides is 2. The summed E-state index contributed by atoms with van der Waals surface area (Å²) in [5.74, 6) is -2.66. The van der Waals surface area contributed by atoms with Crippen molar-refractivity contribution in [1.82, 2.24) is 24.3 Å². The molecule has 0 aliphatic carbocycles. The minimum absolute atomic E-state index is 0.00107. The first-order valence-electron chi connectivity index (χ1n) is 7.57. The van der Waals surface area contributed by atoms with Crippen LogP contribution < -0.4 is 11.2 Å². The molecule has 0 N–H and O–H groups in total. The minimum Gasteiger partial charge on any atom is -0.267 e. The number of aromatic nitrogens is 5. The summed E-state index contributed by atoms with van der Waals surface area (Å²) in [4.78, 5) is 32.1. The maximum Gasteiger partial charge on any atom is 0.352 e. The van der Waals surface area contributed by atoms with Gasteiger partial charge < -0.3 is 0 Å². The van der Waals surface area contributed by atoms with Crippen LogP contribution in [0.25, 0.3) is 22.9 Å². The van der Waals surface area contributed by atoms with Crippen molar-refractivity contribution in [2.45, 2.75) is 26.3 Å². The molecule has 25 heavy (non-hydrogen) atoms. The first-order chi connectivity index (χ1) is 11.7. The zero-order valence-corrected chi connectivity index (χ0v) is 13.8. The summed E-state index contributed by atoms with van der Waals surface area (Å²) in [6.07, 6.45) is 0. The van der Waals surface area contributed by atoms with Gasteiger partial charge in [0.2, 0.25) is 0 Å². The first-order valence-corrected chi connectivity index (χ1v) is 7.57. The number of halogens is 2. The Labute approximate surface area is 140 Å². The van der Waals surface area contributed by atoms with Gasteiger partial charge >= 0.3 is 5.69 Å². The molecule has 0 unspecified atom stereocenters. The summed E-state index contributed by atoms with van der Waals surface area (Å²) < 4.78 is 28.9. The fourth-order valence-corrected chi connectivity index (χ4v) is 2.38. The zero-order chi connectivity index (χ0) is 18.4. The van der Waals surface area contributed by atoms with E-state index in [1.807, 2.05) is 0 Å². The Hall–Kier alpha value is -2.97. The third-order valence-electron chi connectivity index (χ3n) is 3.83. The van der Waals surface area contributed by atoms with E-state index in [4.69, 9.17) is 0 Å². The third-order valence-corrected chi connectivity index (χ3v) is 3.83. The van der Waals surface area contributed by atoms with E-state index in [2.05, 4.69) is 15.1 Å². The molecule has 130 valence electrons. The van der Waals surface area contributed by atoms with Crippen LogP contribution in [0.1, 0.15) is 19.4 Å². The summed E-state index contributed by atoms with van der Waals surface area (Å²) in [6, 6.07) is 5.51. The Balaban J connectivity index is 2.23. The lowest BCUT2D eigenvalue weighted by atomic mass is 10.1. The summed E-state index contributed by atoms with van der Waals surface area (Å²) in [5.41, 5.74) is -0.929. The number of hydrogen-bond donors (Lipinski definition) is 0. The Morgan fingerprint density at radius 2 is 1.76 bits per heavy atom. The van der Waals surface area contributed by atoms with E-state index in [-0.39, 0.29) is 22.9 Å². The van der Waals surface area contributed by atoms with Crippen molar-refractivity contribution in [1.29, 1.82) is 0 Å². The molecule has 2 aliphatic heterocycles. The van der Waals surface area contributed by atoms with Gasteiger partial charge in [-0.15, -0.1) is 0 Å². The van der Waals surface area contributed by atoms with Crippen LogP contribution in [0.15, 0.2) is 33.9 Å². The molecule has 0 radical (unpaired) electrons. The molecule has 3 rings (SSSR count). The number of fused-ring (bicyclic) bond motifs is 1. The van der Waals surface area contributed by atoms with Gasteiger partial charge in [0, 0.05) is 31.6 Å². The normalized spacial score (nSPS) is 11.9. The van der Waals surface area contributed by atoms with E-state index < -0.39 is 17.2 Å². The van der Waals surface area contributed by atoms with E-state index in [0.29, 0.717) is 12.1 Å². The number of aryl methyl sites for hydroxylation is 1. The molecular weight excluding hydrogens is 332 g/mol. The first kappa shape index (κ1) is 16.9. The number of hydrogen-bond acceptors (Lipinski definition) is 5. The lowest BCUT2D eigenvalue weighted by Crippen LogP contribution is -2.37. The van der Waals surface area contributed by atoms with E-state index in [1.165, 1.54) is 36.0 Å². The van der Waals surface area contributed by atoms with E-state index >= 15 is 0 Å². The topological polar surface area (TPSA) is 82.7 Å². The van der Waals surface area contributed by atoms with Gasteiger partial charge in [0.05, 0.1) is 0 Å². The summed E-state index contributed by atoms with van der Waals surface area (Å²) in [5, 5.41) is 4.26. The number of nitrogens with zero attached hydrogens (tertiary/aromatic N) is 5. The highest BCUT2D eigenvalue weighted by Gasteiger charge is 2.24. The molecule has 0 bridgehead atoms. The molecule has 0 atom stereocenters. The number of rotatable bonds is 3. The fourth-order valence-electron chi connectivity index (χ4n) is 2.38. The lowest BCUT2D eigenvalue weighted by Gasteiger charge is -2.14. The predicted octanol–water partition coefficient (Wildman–Crippen LogP) is 1.64. The van der Waals surface area contributed by atoms with Crippen molar-refractivity contribution in [2.24, 2.45) is 7.05 Å². The molecule has 7 nitrogen and oxygen atoms in total. The zero-order valence-electron chi connectivity index (χ0n) is 13.8. The van der Waals surface area contributed by atoms with Crippen LogP contribution in [0.4, 0.5) is 8.78 Å². The van der Waals surface area contributed by atoms with Crippen LogP contribution in [0.2, 0.25) is 0 Å². The maximum absolute atomic E-state index is 13.3. The van der Waals surface area contributed by atoms with Crippen LogP contribution in [0, 0.1) is 0 Å². The van der Waals surface area contributed by atoms with Crippen molar-refractivity contribution in [3.63, 3.8) is 0 Å². The summed E-state index contributed by atoms with van der Waals surface area (Å²) in [6.45, 7) is 2.95. The van der Waals surface area contributed by atoms with Gasteiger partial charge in [0.1, 0.15) is 0 Å². The molecule has 0 spiro atoms. The molecule has 1 aromatic carbocycles.